The normalized spacial score (nSPS) is 10.8. The lowest BCUT2D eigenvalue weighted by Crippen LogP contribution is -2.02. The molecule has 0 fully saturated rings. The predicted octanol–water partition coefficient (Wildman–Crippen LogP) is 2.75. The van der Waals surface area contributed by atoms with Crippen molar-refractivity contribution in [1.29, 1.82) is 0 Å². The molecule has 1 aromatic carbocycles. The zero-order valence-corrected chi connectivity index (χ0v) is 11.7. The highest BCUT2D eigenvalue weighted by Gasteiger charge is 2.07. The first-order valence-electron chi connectivity index (χ1n) is 5.63. The maximum atomic E-state index is 5.55. The predicted molar refractivity (Wildman–Crippen MR) is 73.5 cm³/mol. The van der Waals surface area contributed by atoms with E-state index in [-0.39, 0.29) is 0 Å². The number of benzene rings is 1. The summed E-state index contributed by atoms with van der Waals surface area (Å²) in [7, 11) is 0. The highest BCUT2D eigenvalue weighted by molar-refractivity contribution is 9.10. The van der Waals surface area contributed by atoms with E-state index in [9.17, 15) is 0 Å². The number of hydrogen-bond acceptors (Lipinski definition) is 2. The molecule has 1 heterocycles. The maximum Gasteiger partial charge on any atom is 0.110 e. The first-order valence-corrected chi connectivity index (χ1v) is 6.42. The molecule has 4 heteroatoms. The molecule has 0 saturated carbocycles. The van der Waals surface area contributed by atoms with Gasteiger partial charge in [-0.2, -0.15) is 0 Å². The number of nitrogens with zero attached hydrogens (tertiary/aromatic N) is 2. The molecule has 0 saturated heterocycles. The lowest BCUT2D eigenvalue weighted by atomic mass is 10.2. The fourth-order valence-corrected chi connectivity index (χ4v) is 2.41. The molecule has 3 nitrogen and oxygen atoms in total. The minimum absolute atomic E-state index is 0.635. The molecule has 90 valence electrons. The van der Waals surface area contributed by atoms with E-state index in [2.05, 4.69) is 50.7 Å². The Morgan fingerprint density at radius 2 is 2.12 bits per heavy atom. The number of halogens is 1. The molecule has 0 radical (unpaired) electrons. The molecule has 0 bridgehead atoms. The van der Waals surface area contributed by atoms with E-state index in [0.717, 1.165) is 22.4 Å². The Morgan fingerprint density at radius 3 is 2.76 bits per heavy atom. The number of imidazole rings is 1. The molecule has 2 N–H and O–H groups in total. The quantitative estimate of drug-likeness (QED) is 0.946. The number of hydrogen-bond donors (Lipinski definition) is 1. The largest absolute Gasteiger partial charge is 0.330 e. The van der Waals surface area contributed by atoms with Gasteiger partial charge in [-0.25, -0.2) is 4.98 Å². The summed E-state index contributed by atoms with van der Waals surface area (Å²) in [5.74, 6) is 0.999. The summed E-state index contributed by atoms with van der Waals surface area (Å²) in [4.78, 5) is 4.51. The molecule has 1 aromatic heterocycles. The Morgan fingerprint density at radius 1 is 1.35 bits per heavy atom. The van der Waals surface area contributed by atoms with Crippen LogP contribution >= 0.6 is 15.9 Å². The van der Waals surface area contributed by atoms with Crippen LogP contribution in [0.4, 0.5) is 0 Å². The molecular formula is C13H16BrN3. The summed E-state index contributed by atoms with van der Waals surface area (Å²) in [6.45, 7) is 4.75. The highest BCUT2D eigenvalue weighted by Crippen LogP contribution is 2.21. The Labute approximate surface area is 110 Å². The second-order valence-electron chi connectivity index (χ2n) is 4.12. The monoisotopic (exact) mass is 293 g/mol. The second kappa shape index (κ2) is 5.02. The molecule has 17 heavy (non-hydrogen) atoms. The average molecular weight is 294 g/mol. The zero-order valence-electron chi connectivity index (χ0n) is 10.1. The third kappa shape index (κ3) is 2.58. The molecular weight excluding hydrogens is 278 g/mol. The molecule has 0 aliphatic carbocycles. The van der Waals surface area contributed by atoms with Crippen molar-refractivity contribution in [2.45, 2.75) is 20.3 Å². The zero-order chi connectivity index (χ0) is 12.4. The van der Waals surface area contributed by atoms with Gasteiger partial charge >= 0.3 is 0 Å². The SMILES string of the molecule is Cc1cc(Br)ccc1-n1cc(CCN)nc1C. The van der Waals surface area contributed by atoms with E-state index >= 15 is 0 Å². The summed E-state index contributed by atoms with van der Waals surface area (Å²) in [6, 6.07) is 6.25. The van der Waals surface area contributed by atoms with Gasteiger partial charge in [-0.3, -0.25) is 0 Å². The summed E-state index contributed by atoms with van der Waals surface area (Å²) in [5, 5.41) is 0. The van der Waals surface area contributed by atoms with Crippen molar-refractivity contribution in [3.05, 3.63) is 46.0 Å². The lowest BCUT2D eigenvalue weighted by Gasteiger charge is -2.08. The van der Waals surface area contributed by atoms with Crippen molar-refractivity contribution in [1.82, 2.24) is 9.55 Å². The van der Waals surface area contributed by atoms with Gasteiger partial charge in [0.15, 0.2) is 0 Å². The van der Waals surface area contributed by atoms with E-state index < -0.39 is 0 Å². The van der Waals surface area contributed by atoms with E-state index in [1.54, 1.807) is 0 Å². The Bertz CT molecular complexity index is 531. The van der Waals surface area contributed by atoms with Crippen molar-refractivity contribution in [2.75, 3.05) is 6.54 Å². The van der Waals surface area contributed by atoms with E-state index in [0.29, 0.717) is 6.54 Å². The van der Waals surface area contributed by atoms with Gasteiger partial charge in [-0.1, -0.05) is 15.9 Å². The van der Waals surface area contributed by atoms with E-state index in [4.69, 9.17) is 5.73 Å². The number of nitrogens with two attached hydrogens (primary N) is 1. The standard InChI is InChI=1S/C13H16BrN3/c1-9-7-11(14)3-4-13(9)17-8-12(5-6-15)16-10(17)2/h3-4,7-8H,5-6,15H2,1-2H3. The van der Waals surface area contributed by atoms with Crippen LogP contribution in [-0.2, 0) is 6.42 Å². The summed E-state index contributed by atoms with van der Waals surface area (Å²) >= 11 is 3.48. The van der Waals surface area contributed by atoms with Crippen LogP contribution in [0.3, 0.4) is 0 Å². The molecule has 0 atom stereocenters. The van der Waals surface area contributed by atoms with Gasteiger partial charge in [0.25, 0.3) is 0 Å². The maximum absolute atomic E-state index is 5.55. The molecule has 0 unspecified atom stereocenters. The third-order valence-corrected chi connectivity index (χ3v) is 3.24. The smallest absolute Gasteiger partial charge is 0.110 e. The van der Waals surface area contributed by atoms with Crippen LogP contribution in [0.15, 0.2) is 28.9 Å². The fraction of sp³-hybridized carbons (Fsp3) is 0.308. The minimum atomic E-state index is 0.635. The first kappa shape index (κ1) is 12.3. The molecule has 2 rings (SSSR count). The molecule has 0 amide bonds. The van der Waals surface area contributed by atoms with Gasteiger partial charge < -0.3 is 10.3 Å². The van der Waals surface area contributed by atoms with E-state index in [1.165, 1.54) is 11.3 Å². The van der Waals surface area contributed by atoms with Crippen molar-refractivity contribution < 1.29 is 0 Å². The second-order valence-corrected chi connectivity index (χ2v) is 5.03. The van der Waals surface area contributed by atoms with Crippen LogP contribution in [0.2, 0.25) is 0 Å². The molecule has 0 aliphatic heterocycles. The Kier molecular flexibility index (Phi) is 3.64. The van der Waals surface area contributed by atoms with Gasteiger partial charge in [0.1, 0.15) is 5.82 Å². The number of aromatic nitrogens is 2. The fourth-order valence-electron chi connectivity index (χ4n) is 1.93. The van der Waals surface area contributed by atoms with Gasteiger partial charge in [0.2, 0.25) is 0 Å². The van der Waals surface area contributed by atoms with Crippen LogP contribution in [-0.4, -0.2) is 16.1 Å². The highest BCUT2D eigenvalue weighted by atomic mass is 79.9. The minimum Gasteiger partial charge on any atom is -0.330 e. The molecule has 0 spiro atoms. The van der Waals surface area contributed by atoms with Gasteiger partial charge in [-0.15, -0.1) is 0 Å². The average Bonchev–Trinajstić information content (AvgIpc) is 2.60. The summed E-state index contributed by atoms with van der Waals surface area (Å²) in [6.07, 6.45) is 2.89. The van der Waals surface area contributed by atoms with Crippen LogP contribution in [0.5, 0.6) is 0 Å². The van der Waals surface area contributed by atoms with Crippen LogP contribution < -0.4 is 5.73 Å². The Balaban J connectivity index is 2.45. The first-order chi connectivity index (χ1) is 8.11. The Hall–Kier alpha value is -1.13. The summed E-state index contributed by atoms with van der Waals surface area (Å²) < 4.78 is 3.21. The van der Waals surface area contributed by atoms with Gasteiger partial charge in [0, 0.05) is 22.8 Å². The topological polar surface area (TPSA) is 43.8 Å². The molecule has 2 aromatic rings. The van der Waals surface area contributed by atoms with Crippen LogP contribution in [0.1, 0.15) is 17.1 Å². The van der Waals surface area contributed by atoms with Crippen LogP contribution in [0.25, 0.3) is 5.69 Å². The van der Waals surface area contributed by atoms with Crippen molar-refractivity contribution >= 4 is 15.9 Å². The van der Waals surface area contributed by atoms with Crippen molar-refractivity contribution in [2.24, 2.45) is 5.73 Å². The van der Waals surface area contributed by atoms with Crippen molar-refractivity contribution in [3.63, 3.8) is 0 Å². The lowest BCUT2D eigenvalue weighted by molar-refractivity contribution is 0.928. The van der Waals surface area contributed by atoms with E-state index in [1.807, 2.05) is 13.0 Å². The van der Waals surface area contributed by atoms with Crippen molar-refractivity contribution in [3.8, 4) is 5.69 Å². The number of aryl methyl sites for hydroxylation is 2. The van der Waals surface area contributed by atoms with Gasteiger partial charge in [-0.05, 0) is 44.2 Å². The molecule has 0 aliphatic rings. The van der Waals surface area contributed by atoms with Gasteiger partial charge in [0.05, 0.1) is 5.69 Å². The van der Waals surface area contributed by atoms with Crippen LogP contribution in [0, 0.1) is 13.8 Å². The number of rotatable bonds is 3. The third-order valence-electron chi connectivity index (χ3n) is 2.75. The summed E-state index contributed by atoms with van der Waals surface area (Å²) in [5.41, 5.74) is 8.99.